The quantitative estimate of drug-likeness (QED) is 0.622. The molecule has 0 spiro atoms. The minimum absolute atomic E-state index is 0.154. The molecule has 0 bridgehead atoms. The van der Waals surface area contributed by atoms with Crippen LogP contribution in [0, 0.1) is 10.1 Å². The molecule has 1 rings (SSSR count). The number of nitrogens with zero attached hydrogens (tertiary/aromatic N) is 1. The Morgan fingerprint density at radius 1 is 1.59 bits per heavy atom. The minimum atomic E-state index is -1.20. The number of benzene rings is 1. The molecule has 0 radical (unpaired) electrons. The van der Waals surface area contributed by atoms with Gasteiger partial charge in [-0.1, -0.05) is 15.9 Å². The van der Waals surface area contributed by atoms with Gasteiger partial charge in [0.2, 0.25) is 0 Å². The molecule has 1 aromatic rings. The van der Waals surface area contributed by atoms with Crippen LogP contribution in [-0.2, 0) is 4.79 Å². The fourth-order valence-corrected chi connectivity index (χ4v) is 1.45. The molecule has 0 saturated carbocycles. The Kier molecular flexibility index (Phi) is 4.41. The molecule has 1 atom stereocenters. The first-order valence-corrected chi connectivity index (χ1v) is 5.25. The number of non-ortho nitro benzene ring substituents is 1. The van der Waals surface area contributed by atoms with Crippen LogP contribution in [0.5, 0.6) is 5.75 Å². The lowest BCUT2D eigenvalue weighted by Crippen LogP contribution is -2.36. The van der Waals surface area contributed by atoms with Gasteiger partial charge in [0, 0.05) is 10.5 Å². The molecular weight excluding hydrogens is 296 g/mol. The van der Waals surface area contributed by atoms with E-state index in [4.69, 9.17) is 15.6 Å². The molecule has 0 heterocycles. The molecule has 0 aliphatic heterocycles. The summed E-state index contributed by atoms with van der Waals surface area (Å²) in [5, 5.41) is 19.1. The van der Waals surface area contributed by atoms with Gasteiger partial charge in [-0.25, -0.2) is 0 Å². The number of aliphatic carboxylic acids is 1. The zero-order valence-corrected chi connectivity index (χ0v) is 10.1. The summed E-state index contributed by atoms with van der Waals surface area (Å²) in [7, 11) is 0. The Morgan fingerprint density at radius 3 is 2.76 bits per heavy atom. The molecule has 3 N–H and O–H groups in total. The highest BCUT2D eigenvalue weighted by Crippen LogP contribution is 2.26. The van der Waals surface area contributed by atoms with Gasteiger partial charge < -0.3 is 15.6 Å². The minimum Gasteiger partial charge on any atom is -0.491 e. The Labute approximate surface area is 104 Å². The van der Waals surface area contributed by atoms with Gasteiger partial charge in [-0.3, -0.25) is 14.9 Å². The topological polar surface area (TPSA) is 116 Å². The number of rotatable bonds is 5. The average Bonchev–Trinajstić information content (AvgIpc) is 2.24. The van der Waals surface area contributed by atoms with E-state index in [1.165, 1.54) is 18.2 Å². The summed E-state index contributed by atoms with van der Waals surface area (Å²) in [5.41, 5.74) is 5.08. The molecule has 0 fully saturated rings. The van der Waals surface area contributed by atoms with E-state index in [-0.39, 0.29) is 18.0 Å². The normalized spacial score (nSPS) is 11.9. The van der Waals surface area contributed by atoms with Crippen molar-refractivity contribution in [1.82, 2.24) is 0 Å². The van der Waals surface area contributed by atoms with E-state index in [0.29, 0.717) is 4.47 Å². The van der Waals surface area contributed by atoms with Gasteiger partial charge in [-0.2, -0.15) is 0 Å². The van der Waals surface area contributed by atoms with Gasteiger partial charge in [0.25, 0.3) is 5.69 Å². The van der Waals surface area contributed by atoms with Gasteiger partial charge >= 0.3 is 5.97 Å². The van der Waals surface area contributed by atoms with Crippen LogP contribution in [0.1, 0.15) is 0 Å². The molecule has 0 saturated heterocycles. The molecule has 92 valence electrons. The molecular formula is C9H9BrN2O5. The van der Waals surface area contributed by atoms with E-state index in [0.717, 1.165) is 0 Å². The zero-order chi connectivity index (χ0) is 13.0. The van der Waals surface area contributed by atoms with Crippen molar-refractivity contribution in [2.24, 2.45) is 5.73 Å². The molecule has 0 aliphatic carbocycles. The largest absolute Gasteiger partial charge is 0.491 e. The molecule has 17 heavy (non-hydrogen) atoms. The van der Waals surface area contributed by atoms with Crippen LogP contribution < -0.4 is 10.5 Å². The second-order valence-electron chi connectivity index (χ2n) is 3.16. The summed E-state index contributed by atoms with van der Waals surface area (Å²) in [5.74, 6) is -1.02. The van der Waals surface area contributed by atoms with Crippen LogP contribution in [0.2, 0.25) is 0 Å². The first kappa shape index (κ1) is 13.4. The van der Waals surface area contributed by atoms with Crippen molar-refractivity contribution < 1.29 is 19.6 Å². The zero-order valence-electron chi connectivity index (χ0n) is 8.50. The van der Waals surface area contributed by atoms with Crippen molar-refractivity contribution in [3.8, 4) is 5.75 Å². The van der Waals surface area contributed by atoms with Gasteiger partial charge in [0.05, 0.1) is 11.0 Å². The molecule has 0 aliphatic rings. The molecule has 8 heteroatoms. The van der Waals surface area contributed by atoms with Crippen LogP contribution in [0.3, 0.4) is 0 Å². The number of nitro benzene ring substituents is 1. The number of carbonyl (C=O) groups is 1. The second-order valence-corrected chi connectivity index (χ2v) is 4.07. The van der Waals surface area contributed by atoms with E-state index in [9.17, 15) is 14.9 Å². The maximum absolute atomic E-state index is 10.6. The number of nitro groups is 1. The number of ether oxygens (including phenoxy) is 1. The highest BCUT2D eigenvalue weighted by atomic mass is 79.9. The summed E-state index contributed by atoms with van der Waals surface area (Å²) < 4.78 is 5.52. The van der Waals surface area contributed by atoms with Crippen molar-refractivity contribution in [2.75, 3.05) is 6.61 Å². The van der Waals surface area contributed by atoms with Crippen molar-refractivity contribution in [3.05, 3.63) is 32.8 Å². The maximum Gasteiger partial charge on any atom is 0.324 e. The highest BCUT2D eigenvalue weighted by Gasteiger charge is 2.14. The molecule has 0 amide bonds. The van der Waals surface area contributed by atoms with Crippen LogP contribution in [0.25, 0.3) is 0 Å². The standard InChI is InChI=1S/C9H9BrN2O5/c10-5-1-6(12(15)16)3-7(2-5)17-4-8(11)9(13)14/h1-3,8H,4,11H2,(H,13,14). The first-order valence-electron chi connectivity index (χ1n) is 4.46. The van der Waals surface area contributed by atoms with E-state index in [1.807, 2.05) is 0 Å². The lowest BCUT2D eigenvalue weighted by molar-refractivity contribution is -0.385. The average molecular weight is 305 g/mol. The molecule has 1 unspecified atom stereocenters. The summed E-state index contributed by atoms with van der Waals surface area (Å²) in [6.45, 7) is -0.261. The Morgan fingerprint density at radius 2 is 2.24 bits per heavy atom. The summed E-state index contributed by atoms with van der Waals surface area (Å²) in [6, 6.07) is 2.82. The molecule has 1 aromatic carbocycles. The summed E-state index contributed by atoms with van der Waals surface area (Å²) in [6.07, 6.45) is 0. The molecule has 0 aromatic heterocycles. The highest BCUT2D eigenvalue weighted by molar-refractivity contribution is 9.10. The SMILES string of the molecule is NC(COc1cc(Br)cc([N+](=O)[O-])c1)C(=O)O. The lowest BCUT2D eigenvalue weighted by atomic mass is 10.3. The number of hydrogen-bond donors (Lipinski definition) is 2. The first-order chi connectivity index (χ1) is 7.90. The second kappa shape index (κ2) is 5.60. The van der Waals surface area contributed by atoms with Crippen LogP contribution >= 0.6 is 15.9 Å². The fraction of sp³-hybridized carbons (Fsp3) is 0.222. The number of nitrogens with two attached hydrogens (primary N) is 1. The van der Waals surface area contributed by atoms with E-state index in [1.54, 1.807) is 0 Å². The number of halogens is 1. The van der Waals surface area contributed by atoms with Crippen LogP contribution in [0.15, 0.2) is 22.7 Å². The predicted octanol–water partition coefficient (Wildman–Crippen LogP) is 1.15. The van der Waals surface area contributed by atoms with Crippen LogP contribution in [0.4, 0.5) is 5.69 Å². The van der Waals surface area contributed by atoms with Gasteiger partial charge in [0.1, 0.15) is 18.4 Å². The monoisotopic (exact) mass is 304 g/mol. The van der Waals surface area contributed by atoms with E-state index in [2.05, 4.69) is 15.9 Å². The predicted molar refractivity (Wildman–Crippen MR) is 61.9 cm³/mol. The number of hydrogen-bond acceptors (Lipinski definition) is 5. The Bertz CT molecular complexity index is 451. The van der Waals surface area contributed by atoms with Crippen molar-refractivity contribution in [2.45, 2.75) is 6.04 Å². The smallest absolute Gasteiger partial charge is 0.324 e. The fourth-order valence-electron chi connectivity index (χ4n) is 0.994. The maximum atomic E-state index is 10.6. The molecule has 7 nitrogen and oxygen atoms in total. The van der Waals surface area contributed by atoms with Crippen molar-refractivity contribution in [3.63, 3.8) is 0 Å². The van der Waals surface area contributed by atoms with Crippen molar-refractivity contribution >= 4 is 27.6 Å². The number of carboxylic acids is 1. The Balaban J connectivity index is 2.78. The third kappa shape index (κ3) is 4.00. The van der Waals surface area contributed by atoms with Crippen LogP contribution in [-0.4, -0.2) is 28.6 Å². The van der Waals surface area contributed by atoms with Gasteiger partial charge in [-0.15, -0.1) is 0 Å². The number of carboxylic acid groups (broad SMARTS) is 1. The van der Waals surface area contributed by atoms with Gasteiger partial charge in [0.15, 0.2) is 0 Å². The Hall–Kier alpha value is -1.67. The summed E-state index contributed by atoms with van der Waals surface area (Å²) in [4.78, 5) is 20.4. The lowest BCUT2D eigenvalue weighted by Gasteiger charge is -2.09. The third-order valence-corrected chi connectivity index (χ3v) is 2.27. The van der Waals surface area contributed by atoms with E-state index >= 15 is 0 Å². The third-order valence-electron chi connectivity index (χ3n) is 1.81. The van der Waals surface area contributed by atoms with Crippen molar-refractivity contribution in [1.29, 1.82) is 0 Å². The van der Waals surface area contributed by atoms with Gasteiger partial charge in [-0.05, 0) is 6.07 Å². The van der Waals surface area contributed by atoms with E-state index < -0.39 is 16.9 Å². The summed E-state index contributed by atoms with van der Waals surface area (Å²) >= 11 is 3.09.